The third kappa shape index (κ3) is 4.53. The second kappa shape index (κ2) is 8.86. The minimum absolute atomic E-state index is 0.126. The van der Waals surface area contributed by atoms with Gasteiger partial charge in [-0.1, -0.05) is 6.07 Å². The highest BCUT2D eigenvalue weighted by Gasteiger charge is 2.22. The van der Waals surface area contributed by atoms with Crippen LogP contribution in [0, 0.1) is 13.8 Å². The molecule has 30 heavy (non-hydrogen) atoms. The van der Waals surface area contributed by atoms with E-state index >= 15 is 0 Å². The van der Waals surface area contributed by atoms with Crippen LogP contribution in [0.3, 0.4) is 0 Å². The summed E-state index contributed by atoms with van der Waals surface area (Å²) < 4.78 is 12.9. The average molecular weight is 410 g/mol. The number of furan rings is 1. The zero-order chi connectivity index (χ0) is 21.8. The predicted octanol–water partition coefficient (Wildman–Crippen LogP) is 3.65. The first-order chi connectivity index (χ1) is 14.3. The lowest BCUT2D eigenvalue weighted by Gasteiger charge is -2.13. The fourth-order valence-corrected chi connectivity index (χ4v) is 2.87. The third-order valence-electron chi connectivity index (χ3n) is 4.74. The van der Waals surface area contributed by atoms with Gasteiger partial charge < -0.3 is 19.4 Å². The van der Waals surface area contributed by atoms with Crippen molar-refractivity contribution in [3.8, 4) is 5.75 Å². The first-order valence-electron chi connectivity index (χ1n) is 9.67. The summed E-state index contributed by atoms with van der Waals surface area (Å²) in [6.45, 7) is 6.64. The Morgan fingerprint density at radius 3 is 2.60 bits per heavy atom. The van der Waals surface area contributed by atoms with Crippen LogP contribution in [-0.2, 0) is 13.2 Å². The van der Waals surface area contributed by atoms with Gasteiger partial charge in [-0.15, -0.1) is 0 Å². The van der Waals surface area contributed by atoms with E-state index in [1.54, 1.807) is 30.9 Å². The molecule has 2 aromatic heterocycles. The zero-order valence-electron chi connectivity index (χ0n) is 17.9. The number of hydrogen-bond donors (Lipinski definition) is 1. The number of rotatable bonds is 7. The monoisotopic (exact) mass is 410 g/mol. The second-order valence-corrected chi connectivity index (χ2v) is 7.18. The van der Waals surface area contributed by atoms with Gasteiger partial charge in [0.2, 0.25) is 0 Å². The fraction of sp³-hybridized carbons (Fsp3) is 0.318. The molecule has 1 N–H and O–H groups in total. The van der Waals surface area contributed by atoms with Gasteiger partial charge in [0.1, 0.15) is 23.8 Å². The number of aryl methyl sites for hydroxylation is 3. The summed E-state index contributed by atoms with van der Waals surface area (Å²) in [5.74, 6) is 0.676. The van der Waals surface area contributed by atoms with Gasteiger partial charge in [-0.05, 0) is 56.2 Å². The van der Waals surface area contributed by atoms with Crippen molar-refractivity contribution in [3.05, 3.63) is 64.9 Å². The maximum atomic E-state index is 12.6. The highest BCUT2D eigenvalue weighted by molar-refractivity contribution is 6.07. The molecule has 0 unspecified atom stereocenters. The summed E-state index contributed by atoms with van der Waals surface area (Å²) in [4.78, 5) is 26.5. The van der Waals surface area contributed by atoms with Crippen molar-refractivity contribution in [3.63, 3.8) is 0 Å². The number of carbonyl (C=O) groups excluding carboxylic acids is 2. The lowest BCUT2D eigenvalue weighted by Crippen LogP contribution is -2.26. The van der Waals surface area contributed by atoms with Gasteiger partial charge in [0.15, 0.2) is 5.76 Å². The van der Waals surface area contributed by atoms with E-state index in [0.29, 0.717) is 23.7 Å². The Morgan fingerprint density at radius 2 is 1.93 bits per heavy atom. The van der Waals surface area contributed by atoms with E-state index in [1.807, 2.05) is 39.0 Å². The van der Waals surface area contributed by atoms with E-state index in [-0.39, 0.29) is 18.3 Å². The minimum atomic E-state index is -0.462. The number of amides is 2. The third-order valence-corrected chi connectivity index (χ3v) is 4.74. The first-order valence-corrected chi connectivity index (χ1v) is 9.67. The quantitative estimate of drug-likeness (QED) is 0.642. The summed E-state index contributed by atoms with van der Waals surface area (Å²) in [5, 5.41) is 6.88. The van der Waals surface area contributed by atoms with Gasteiger partial charge in [-0.3, -0.25) is 14.3 Å². The number of ether oxygens (including phenoxy) is 1. The van der Waals surface area contributed by atoms with Crippen molar-refractivity contribution in [2.75, 3.05) is 19.4 Å². The van der Waals surface area contributed by atoms with Crippen LogP contribution < -0.4 is 10.1 Å². The Labute approximate surface area is 175 Å². The number of nitrogens with one attached hydrogen (secondary N) is 1. The molecule has 0 spiro atoms. The second-order valence-electron chi connectivity index (χ2n) is 7.18. The summed E-state index contributed by atoms with van der Waals surface area (Å²) in [5.41, 5.74) is 2.99. The predicted molar refractivity (Wildman–Crippen MR) is 113 cm³/mol. The van der Waals surface area contributed by atoms with E-state index in [9.17, 15) is 9.59 Å². The van der Waals surface area contributed by atoms with Crippen molar-refractivity contribution >= 4 is 17.5 Å². The van der Waals surface area contributed by atoms with E-state index in [2.05, 4.69) is 10.4 Å². The molecule has 0 fully saturated rings. The molecule has 8 heteroatoms. The van der Waals surface area contributed by atoms with Crippen LogP contribution in [0.1, 0.15) is 44.9 Å². The summed E-state index contributed by atoms with van der Waals surface area (Å²) in [6.07, 6.45) is 1.46. The van der Waals surface area contributed by atoms with Crippen LogP contribution in [0.5, 0.6) is 5.75 Å². The van der Waals surface area contributed by atoms with Crippen molar-refractivity contribution in [2.45, 2.75) is 33.9 Å². The Kier molecular flexibility index (Phi) is 6.25. The Bertz CT molecular complexity index is 1070. The van der Waals surface area contributed by atoms with Crippen LogP contribution in [0.25, 0.3) is 0 Å². The van der Waals surface area contributed by atoms with Crippen molar-refractivity contribution in [2.24, 2.45) is 0 Å². The Hall–Kier alpha value is -3.55. The molecule has 2 amide bonds. The maximum absolute atomic E-state index is 12.6. The number of nitrogens with zero attached hydrogens (tertiary/aromatic N) is 3. The number of carbonyl (C=O) groups is 2. The van der Waals surface area contributed by atoms with Crippen molar-refractivity contribution in [1.82, 2.24) is 14.7 Å². The van der Waals surface area contributed by atoms with Crippen molar-refractivity contribution in [1.29, 1.82) is 0 Å². The van der Waals surface area contributed by atoms with Gasteiger partial charge in [-0.25, -0.2) is 0 Å². The molecule has 0 saturated carbocycles. The lowest BCUT2D eigenvalue weighted by molar-refractivity contribution is 0.0816. The number of hydrogen-bond acceptors (Lipinski definition) is 5. The molecule has 1 aromatic carbocycles. The molecule has 0 aliphatic rings. The molecule has 0 saturated heterocycles. The summed E-state index contributed by atoms with van der Waals surface area (Å²) >= 11 is 0. The van der Waals surface area contributed by atoms with Gasteiger partial charge in [-0.2, -0.15) is 5.10 Å². The van der Waals surface area contributed by atoms with Crippen LogP contribution in [-0.4, -0.2) is 40.6 Å². The molecule has 2 heterocycles. The molecule has 3 aromatic rings. The highest BCUT2D eigenvalue weighted by atomic mass is 16.5. The van der Waals surface area contributed by atoms with E-state index in [0.717, 1.165) is 11.3 Å². The van der Waals surface area contributed by atoms with Crippen LogP contribution in [0.15, 0.2) is 40.9 Å². The maximum Gasteiger partial charge on any atom is 0.291 e. The van der Waals surface area contributed by atoms with E-state index in [1.165, 1.54) is 16.7 Å². The molecular formula is C22H26N4O4. The standard InChI is InChI=1S/C22H26N4O4/c1-6-26-20(22(28)25(4)5)18(12-23-26)24-21(27)19-10-9-17(30-19)13-29-16-8-7-14(2)15(3)11-16/h7-12H,6,13H2,1-5H3,(H,24,27). The zero-order valence-corrected chi connectivity index (χ0v) is 17.9. The van der Waals surface area contributed by atoms with Gasteiger partial charge in [0, 0.05) is 20.6 Å². The molecule has 0 radical (unpaired) electrons. The molecule has 0 aliphatic heterocycles. The SMILES string of the molecule is CCn1ncc(NC(=O)c2ccc(COc3ccc(C)c(C)c3)o2)c1C(=O)N(C)C. The van der Waals surface area contributed by atoms with Gasteiger partial charge in [0.25, 0.3) is 11.8 Å². The van der Waals surface area contributed by atoms with Crippen LogP contribution in [0.2, 0.25) is 0 Å². The summed E-state index contributed by atoms with van der Waals surface area (Å²) in [7, 11) is 3.30. The fourth-order valence-electron chi connectivity index (χ4n) is 2.87. The smallest absolute Gasteiger partial charge is 0.291 e. The molecule has 0 aliphatic carbocycles. The highest BCUT2D eigenvalue weighted by Crippen LogP contribution is 2.20. The normalized spacial score (nSPS) is 10.7. The average Bonchev–Trinajstić information content (AvgIpc) is 3.35. The number of anilines is 1. The number of benzene rings is 1. The van der Waals surface area contributed by atoms with Crippen LogP contribution in [0.4, 0.5) is 5.69 Å². The van der Waals surface area contributed by atoms with E-state index < -0.39 is 5.91 Å². The molecule has 3 rings (SSSR count). The van der Waals surface area contributed by atoms with Crippen LogP contribution >= 0.6 is 0 Å². The lowest BCUT2D eigenvalue weighted by atomic mass is 10.1. The topological polar surface area (TPSA) is 89.6 Å². The van der Waals surface area contributed by atoms with E-state index in [4.69, 9.17) is 9.15 Å². The Balaban J connectivity index is 1.69. The molecule has 158 valence electrons. The van der Waals surface area contributed by atoms with Gasteiger partial charge >= 0.3 is 0 Å². The minimum Gasteiger partial charge on any atom is -0.486 e. The Morgan fingerprint density at radius 1 is 1.17 bits per heavy atom. The first kappa shape index (κ1) is 21.2. The van der Waals surface area contributed by atoms with Gasteiger partial charge in [0.05, 0.1) is 11.9 Å². The van der Waals surface area contributed by atoms with Crippen molar-refractivity contribution < 1.29 is 18.7 Å². The molecule has 0 bridgehead atoms. The molecule has 0 atom stereocenters. The molecule has 8 nitrogen and oxygen atoms in total. The molecular weight excluding hydrogens is 384 g/mol. The number of aromatic nitrogens is 2. The summed E-state index contributed by atoms with van der Waals surface area (Å²) in [6, 6.07) is 9.12. The largest absolute Gasteiger partial charge is 0.486 e.